The normalized spacial score (nSPS) is 14.0. The Hall–Kier alpha value is -3.19. The molecule has 138 valence electrons. The van der Waals surface area contributed by atoms with Crippen molar-refractivity contribution in [2.24, 2.45) is 0 Å². The Morgan fingerprint density at radius 2 is 1.78 bits per heavy atom. The van der Waals surface area contributed by atoms with Crippen LogP contribution in [0.3, 0.4) is 0 Å². The van der Waals surface area contributed by atoms with Crippen molar-refractivity contribution in [1.82, 2.24) is 15.0 Å². The lowest BCUT2D eigenvalue weighted by Crippen LogP contribution is -2.36. The van der Waals surface area contributed by atoms with Crippen molar-refractivity contribution in [1.29, 1.82) is 0 Å². The summed E-state index contributed by atoms with van der Waals surface area (Å²) in [4.78, 5) is 15.3. The van der Waals surface area contributed by atoms with E-state index in [-0.39, 0.29) is 0 Å². The van der Waals surface area contributed by atoms with Gasteiger partial charge in [-0.05, 0) is 35.9 Å². The summed E-state index contributed by atoms with van der Waals surface area (Å²) in [6, 6.07) is 14.0. The van der Waals surface area contributed by atoms with Crippen LogP contribution < -0.4 is 15.5 Å². The zero-order valence-electron chi connectivity index (χ0n) is 15.0. The van der Waals surface area contributed by atoms with Crippen molar-refractivity contribution < 1.29 is 4.74 Å². The summed E-state index contributed by atoms with van der Waals surface area (Å²) in [5.74, 6) is 1.34. The second-order valence-corrected chi connectivity index (χ2v) is 6.22. The van der Waals surface area contributed by atoms with Gasteiger partial charge in [0, 0.05) is 38.2 Å². The van der Waals surface area contributed by atoms with Gasteiger partial charge in [0.2, 0.25) is 5.95 Å². The largest absolute Gasteiger partial charge is 0.378 e. The van der Waals surface area contributed by atoms with Crippen LogP contribution in [0.2, 0.25) is 0 Å². The van der Waals surface area contributed by atoms with Crippen LogP contribution in [0.4, 0.5) is 23.1 Å². The predicted octanol–water partition coefficient (Wildman–Crippen LogP) is 3.06. The molecule has 7 nitrogen and oxygen atoms in total. The van der Waals surface area contributed by atoms with E-state index >= 15 is 0 Å². The summed E-state index contributed by atoms with van der Waals surface area (Å²) in [5, 5.41) is 6.67. The molecule has 27 heavy (non-hydrogen) atoms. The van der Waals surface area contributed by atoms with Crippen LogP contribution in [0.15, 0.2) is 61.1 Å². The van der Waals surface area contributed by atoms with Gasteiger partial charge in [-0.1, -0.05) is 12.1 Å². The van der Waals surface area contributed by atoms with Gasteiger partial charge in [-0.3, -0.25) is 4.98 Å². The molecule has 0 aliphatic carbocycles. The average molecular weight is 362 g/mol. The van der Waals surface area contributed by atoms with E-state index in [9.17, 15) is 0 Å². The predicted molar refractivity (Wildman–Crippen MR) is 106 cm³/mol. The Bertz CT molecular complexity index is 867. The van der Waals surface area contributed by atoms with Gasteiger partial charge in [-0.15, -0.1) is 0 Å². The molecule has 1 saturated heterocycles. The molecular weight excluding hydrogens is 340 g/mol. The van der Waals surface area contributed by atoms with E-state index in [0.29, 0.717) is 12.5 Å². The zero-order chi connectivity index (χ0) is 18.3. The molecule has 1 fully saturated rings. The molecule has 1 aromatic carbocycles. The minimum Gasteiger partial charge on any atom is -0.378 e. The molecule has 0 saturated carbocycles. The van der Waals surface area contributed by atoms with Gasteiger partial charge in [-0.2, -0.15) is 4.98 Å². The molecule has 3 heterocycles. The highest BCUT2D eigenvalue weighted by molar-refractivity contribution is 5.73. The number of benzene rings is 1. The minimum atomic E-state index is 0.565. The Morgan fingerprint density at radius 1 is 0.963 bits per heavy atom. The maximum absolute atomic E-state index is 5.46. The summed E-state index contributed by atoms with van der Waals surface area (Å²) in [6.07, 6.45) is 5.32. The van der Waals surface area contributed by atoms with Crippen LogP contribution in [0.5, 0.6) is 0 Å². The van der Waals surface area contributed by atoms with E-state index in [1.54, 1.807) is 18.6 Å². The number of pyridine rings is 1. The lowest BCUT2D eigenvalue weighted by Gasteiger charge is -2.30. The third kappa shape index (κ3) is 4.51. The maximum atomic E-state index is 5.46. The highest BCUT2D eigenvalue weighted by Gasteiger charge is 2.15. The highest BCUT2D eigenvalue weighted by Crippen LogP contribution is 2.28. The molecule has 0 spiro atoms. The summed E-state index contributed by atoms with van der Waals surface area (Å²) in [5.41, 5.74) is 3.28. The van der Waals surface area contributed by atoms with Crippen LogP contribution >= 0.6 is 0 Å². The number of nitrogens with one attached hydrogen (secondary N) is 2. The summed E-state index contributed by atoms with van der Waals surface area (Å²) >= 11 is 0. The van der Waals surface area contributed by atoms with Crippen LogP contribution in [0.1, 0.15) is 5.56 Å². The molecule has 4 rings (SSSR count). The topological polar surface area (TPSA) is 75.2 Å². The van der Waals surface area contributed by atoms with E-state index < -0.39 is 0 Å². The van der Waals surface area contributed by atoms with Gasteiger partial charge in [0.25, 0.3) is 0 Å². The first-order chi connectivity index (χ1) is 13.4. The van der Waals surface area contributed by atoms with Gasteiger partial charge in [0.05, 0.1) is 24.6 Å². The number of hydrogen-bond donors (Lipinski definition) is 2. The lowest BCUT2D eigenvalue weighted by atomic mass is 10.2. The van der Waals surface area contributed by atoms with Crippen molar-refractivity contribution in [3.63, 3.8) is 0 Å². The molecule has 0 unspecified atom stereocenters. The molecule has 7 heteroatoms. The second-order valence-electron chi connectivity index (χ2n) is 6.22. The summed E-state index contributed by atoms with van der Waals surface area (Å²) < 4.78 is 5.46. The molecule has 1 aliphatic rings. The quantitative estimate of drug-likeness (QED) is 0.698. The number of para-hydroxylation sites is 2. The molecule has 2 N–H and O–H groups in total. The first-order valence-corrected chi connectivity index (χ1v) is 9.03. The van der Waals surface area contributed by atoms with Crippen molar-refractivity contribution >= 4 is 23.1 Å². The molecule has 1 aliphatic heterocycles. The zero-order valence-corrected chi connectivity index (χ0v) is 15.0. The Kier molecular flexibility index (Phi) is 5.40. The number of hydrogen-bond acceptors (Lipinski definition) is 7. The smallest absolute Gasteiger partial charge is 0.229 e. The van der Waals surface area contributed by atoms with Gasteiger partial charge in [0.1, 0.15) is 5.82 Å². The summed E-state index contributed by atoms with van der Waals surface area (Å²) in [7, 11) is 0. The van der Waals surface area contributed by atoms with Gasteiger partial charge < -0.3 is 20.3 Å². The van der Waals surface area contributed by atoms with Crippen LogP contribution in [-0.4, -0.2) is 41.3 Å². The number of morpholine rings is 1. The van der Waals surface area contributed by atoms with Gasteiger partial charge >= 0.3 is 0 Å². The SMILES string of the molecule is c1ccc(N2CCOCC2)c(Nc2nccc(NCc3ccncc3)n2)c1. The molecule has 0 amide bonds. The molecule has 0 bridgehead atoms. The van der Waals surface area contributed by atoms with E-state index in [0.717, 1.165) is 49.1 Å². The fraction of sp³-hybridized carbons (Fsp3) is 0.250. The van der Waals surface area contributed by atoms with Crippen molar-refractivity contribution in [3.8, 4) is 0 Å². The first-order valence-electron chi connectivity index (χ1n) is 9.03. The molecule has 3 aromatic rings. The fourth-order valence-electron chi connectivity index (χ4n) is 2.99. The number of anilines is 4. The fourth-order valence-corrected chi connectivity index (χ4v) is 2.99. The standard InChI is InChI=1S/C20H22N6O/c1-2-4-18(26-11-13-27-14-12-26)17(3-1)24-20-22-10-7-19(25-20)23-15-16-5-8-21-9-6-16/h1-10H,11-15H2,(H2,22,23,24,25). The average Bonchev–Trinajstić information content (AvgIpc) is 2.74. The first kappa shape index (κ1) is 17.2. The highest BCUT2D eigenvalue weighted by atomic mass is 16.5. The van der Waals surface area contributed by atoms with E-state index in [4.69, 9.17) is 4.74 Å². The monoisotopic (exact) mass is 362 g/mol. The Morgan fingerprint density at radius 3 is 2.63 bits per heavy atom. The van der Waals surface area contributed by atoms with Crippen LogP contribution in [0, 0.1) is 0 Å². The molecular formula is C20H22N6O. The third-order valence-electron chi connectivity index (χ3n) is 4.38. The Balaban J connectivity index is 1.47. The Labute approximate surface area is 158 Å². The number of nitrogens with zero attached hydrogens (tertiary/aromatic N) is 4. The van der Waals surface area contributed by atoms with Crippen molar-refractivity contribution in [2.75, 3.05) is 41.8 Å². The van der Waals surface area contributed by atoms with Crippen LogP contribution in [0.25, 0.3) is 0 Å². The molecule has 2 aromatic heterocycles. The van der Waals surface area contributed by atoms with E-state index in [2.05, 4.69) is 36.6 Å². The van der Waals surface area contributed by atoms with E-state index in [1.165, 1.54) is 0 Å². The summed E-state index contributed by atoms with van der Waals surface area (Å²) in [6.45, 7) is 3.95. The van der Waals surface area contributed by atoms with Crippen molar-refractivity contribution in [2.45, 2.75) is 6.54 Å². The van der Waals surface area contributed by atoms with Crippen molar-refractivity contribution in [3.05, 3.63) is 66.6 Å². The van der Waals surface area contributed by atoms with Gasteiger partial charge in [0.15, 0.2) is 0 Å². The second kappa shape index (κ2) is 8.46. The number of aromatic nitrogens is 3. The molecule has 0 radical (unpaired) electrons. The minimum absolute atomic E-state index is 0.565. The maximum Gasteiger partial charge on any atom is 0.229 e. The molecule has 0 atom stereocenters. The number of rotatable bonds is 6. The van der Waals surface area contributed by atoms with Gasteiger partial charge in [-0.25, -0.2) is 4.98 Å². The lowest BCUT2D eigenvalue weighted by molar-refractivity contribution is 0.123. The number of ether oxygens (including phenoxy) is 1. The van der Waals surface area contributed by atoms with E-state index in [1.807, 2.05) is 36.4 Å². The van der Waals surface area contributed by atoms with Crippen LogP contribution in [-0.2, 0) is 11.3 Å². The third-order valence-corrected chi connectivity index (χ3v) is 4.38.